The third kappa shape index (κ3) is 5.71. The van der Waals surface area contributed by atoms with Gasteiger partial charge in [-0.1, -0.05) is 20.8 Å². The van der Waals surface area contributed by atoms with Gasteiger partial charge in [0.1, 0.15) is 5.69 Å². The van der Waals surface area contributed by atoms with E-state index in [0.717, 1.165) is 5.69 Å². The second-order valence-corrected chi connectivity index (χ2v) is 11.2. The molecule has 0 bridgehead atoms. The molecule has 1 fully saturated rings. The van der Waals surface area contributed by atoms with Crippen LogP contribution in [-0.2, 0) is 10.0 Å². The number of methoxy groups -OCH3 is 2. The van der Waals surface area contributed by atoms with E-state index in [1.807, 2.05) is 25.7 Å². The summed E-state index contributed by atoms with van der Waals surface area (Å²) in [5.41, 5.74) is 1.24. The first-order valence-electron chi connectivity index (χ1n) is 11.0. The molecular weight excluding hydrogens is 460 g/mol. The number of nitro benzene ring substituents is 1. The lowest BCUT2D eigenvalue weighted by Gasteiger charge is -2.35. The van der Waals surface area contributed by atoms with Crippen molar-refractivity contribution in [2.45, 2.75) is 25.7 Å². The Labute approximate surface area is 200 Å². The van der Waals surface area contributed by atoms with Gasteiger partial charge < -0.3 is 19.7 Å². The van der Waals surface area contributed by atoms with Crippen molar-refractivity contribution in [1.29, 1.82) is 0 Å². The van der Waals surface area contributed by atoms with Crippen LogP contribution in [0.1, 0.15) is 20.8 Å². The lowest BCUT2D eigenvalue weighted by atomic mass is 9.97. The summed E-state index contributed by atoms with van der Waals surface area (Å²) in [5, 5.41) is 14.7. The van der Waals surface area contributed by atoms with Gasteiger partial charge in [0.2, 0.25) is 10.0 Å². The average Bonchev–Trinajstić information content (AvgIpc) is 2.81. The fourth-order valence-corrected chi connectivity index (χ4v) is 5.13. The molecule has 1 aliphatic rings. The Kier molecular flexibility index (Phi) is 7.57. The zero-order valence-corrected chi connectivity index (χ0v) is 21.0. The highest BCUT2D eigenvalue weighted by atomic mass is 32.2. The van der Waals surface area contributed by atoms with Gasteiger partial charge >= 0.3 is 0 Å². The number of ether oxygens (including phenoxy) is 2. The standard InChI is InChI=1S/C23H32N4O6S/c1-23(2,3)16-24-19-14-17(6-8-20(19)27(28)29)25-10-12-26(13-11-25)34(30,31)18-7-9-21(32-4)22(15-18)33-5/h6-9,14-15,24H,10-13,16H2,1-5H3. The van der Waals surface area contributed by atoms with Gasteiger partial charge in [0.15, 0.2) is 11.5 Å². The highest BCUT2D eigenvalue weighted by Crippen LogP contribution is 2.33. The van der Waals surface area contributed by atoms with Gasteiger partial charge in [-0.2, -0.15) is 4.31 Å². The molecule has 0 amide bonds. The van der Waals surface area contributed by atoms with Crippen molar-refractivity contribution in [1.82, 2.24) is 4.31 Å². The molecular formula is C23H32N4O6S. The molecule has 1 saturated heterocycles. The van der Waals surface area contributed by atoms with Crippen LogP contribution in [0.2, 0.25) is 0 Å². The summed E-state index contributed by atoms with van der Waals surface area (Å²) < 4.78 is 38.2. The molecule has 0 spiro atoms. The van der Waals surface area contributed by atoms with Gasteiger partial charge in [-0.15, -0.1) is 0 Å². The maximum absolute atomic E-state index is 13.2. The summed E-state index contributed by atoms with van der Waals surface area (Å²) in [4.78, 5) is 13.2. The number of anilines is 2. The quantitative estimate of drug-likeness (QED) is 0.439. The van der Waals surface area contributed by atoms with Gasteiger partial charge in [-0.25, -0.2) is 8.42 Å². The number of benzene rings is 2. The molecule has 2 aromatic rings. The first kappa shape index (κ1) is 25.6. The minimum atomic E-state index is -3.71. The molecule has 10 nitrogen and oxygen atoms in total. The summed E-state index contributed by atoms with van der Waals surface area (Å²) in [7, 11) is -0.753. The highest BCUT2D eigenvalue weighted by molar-refractivity contribution is 7.89. The summed E-state index contributed by atoms with van der Waals surface area (Å²) >= 11 is 0. The topological polar surface area (TPSA) is 114 Å². The predicted octanol–water partition coefficient (Wildman–Crippen LogP) is 3.58. The monoisotopic (exact) mass is 492 g/mol. The average molecular weight is 493 g/mol. The van der Waals surface area contributed by atoms with Gasteiger partial charge in [0.05, 0.1) is 24.0 Å². The second-order valence-electron chi connectivity index (χ2n) is 9.28. The van der Waals surface area contributed by atoms with Crippen molar-refractivity contribution in [2.75, 3.05) is 57.2 Å². The molecule has 1 N–H and O–H groups in total. The maximum atomic E-state index is 13.2. The van der Waals surface area contributed by atoms with Crippen LogP contribution in [0.15, 0.2) is 41.3 Å². The highest BCUT2D eigenvalue weighted by Gasteiger charge is 2.30. The van der Waals surface area contributed by atoms with E-state index in [9.17, 15) is 18.5 Å². The van der Waals surface area contributed by atoms with Crippen molar-refractivity contribution < 1.29 is 22.8 Å². The van der Waals surface area contributed by atoms with E-state index in [-0.39, 0.29) is 16.0 Å². The van der Waals surface area contributed by atoms with Crippen LogP contribution in [0.5, 0.6) is 11.5 Å². The summed E-state index contributed by atoms with van der Waals surface area (Å²) in [5.74, 6) is 0.809. The van der Waals surface area contributed by atoms with E-state index in [4.69, 9.17) is 9.47 Å². The number of piperazine rings is 1. The molecule has 0 radical (unpaired) electrons. The molecule has 0 saturated carbocycles. The lowest BCUT2D eigenvalue weighted by molar-refractivity contribution is -0.384. The Bertz CT molecular complexity index is 1140. The molecule has 0 aromatic heterocycles. The number of nitrogens with zero attached hydrogens (tertiary/aromatic N) is 3. The Balaban J connectivity index is 1.76. The molecule has 0 atom stereocenters. The van der Waals surface area contributed by atoms with Gasteiger partial charge in [-0.05, 0) is 29.7 Å². The normalized spacial score (nSPS) is 15.1. The van der Waals surface area contributed by atoms with Crippen LogP contribution in [0.3, 0.4) is 0 Å². The third-order valence-electron chi connectivity index (χ3n) is 5.58. The van der Waals surface area contributed by atoms with Crippen LogP contribution < -0.4 is 19.7 Å². The van der Waals surface area contributed by atoms with E-state index in [1.54, 1.807) is 18.2 Å². The molecule has 34 heavy (non-hydrogen) atoms. The predicted molar refractivity (Wildman–Crippen MR) is 132 cm³/mol. The zero-order chi connectivity index (χ0) is 25.1. The largest absolute Gasteiger partial charge is 0.493 e. The van der Waals surface area contributed by atoms with Crippen molar-refractivity contribution in [2.24, 2.45) is 5.41 Å². The van der Waals surface area contributed by atoms with Crippen LogP contribution in [0.4, 0.5) is 17.1 Å². The SMILES string of the molecule is COc1ccc(S(=O)(=O)N2CCN(c3ccc([N+](=O)[O-])c(NCC(C)(C)C)c3)CC2)cc1OC. The summed E-state index contributed by atoms with van der Waals surface area (Å²) in [6, 6.07) is 9.51. The van der Waals surface area contributed by atoms with E-state index < -0.39 is 14.9 Å². The number of sulfonamides is 1. The summed E-state index contributed by atoms with van der Waals surface area (Å²) in [6.45, 7) is 8.23. The first-order valence-corrected chi connectivity index (χ1v) is 12.4. The molecule has 1 heterocycles. The van der Waals surface area contributed by atoms with Crippen LogP contribution in [0.25, 0.3) is 0 Å². The number of nitrogens with one attached hydrogen (secondary N) is 1. The van der Waals surface area contributed by atoms with E-state index in [1.165, 1.54) is 36.7 Å². The molecule has 3 rings (SSSR count). The Hall–Kier alpha value is -3.05. The maximum Gasteiger partial charge on any atom is 0.292 e. The van der Waals surface area contributed by atoms with Crippen molar-refractivity contribution >= 4 is 27.1 Å². The Morgan fingerprint density at radius 1 is 1.00 bits per heavy atom. The van der Waals surface area contributed by atoms with Crippen LogP contribution in [-0.4, -0.2) is 64.6 Å². The fraction of sp³-hybridized carbons (Fsp3) is 0.478. The van der Waals surface area contributed by atoms with Crippen LogP contribution >= 0.6 is 0 Å². The number of nitro groups is 1. The minimum Gasteiger partial charge on any atom is -0.493 e. The molecule has 1 aliphatic heterocycles. The van der Waals surface area contributed by atoms with Crippen LogP contribution in [0, 0.1) is 15.5 Å². The van der Waals surface area contributed by atoms with E-state index in [0.29, 0.717) is 49.9 Å². The molecule has 0 aliphatic carbocycles. The zero-order valence-electron chi connectivity index (χ0n) is 20.2. The smallest absolute Gasteiger partial charge is 0.292 e. The van der Waals surface area contributed by atoms with Crippen molar-refractivity contribution in [3.05, 3.63) is 46.5 Å². The lowest BCUT2D eigenvalue weighted by Crippen LogP contribution is -2.48. The van der Waals surface area contributed by atoms with E-state index >= 15 is 0 Å². The number of hydrogen-bond acceptors (Lipinski definition) is 8. The van der Waals surface area contributed by atoms with Crippen molar-refractivity contribution in [3.8, 4) is 11.5 Å². The second kappa shape index (κ2) is 10.1. The molecule has 0 unspecified atom stereocenters. The molecule has 186 valence electrons. The van der Waals surface area contributed by atoms with Crippen molar-refractivity contribution in [3.63, 3.8) is 0 Å². The molecule has 2 aromatic carbocycles. The Morgan fingerprint density at radius 2 is 1.65 bits per heavy atom. The number of hydrogen-bond donors (Lipinski definition) is 1. The minimum absolute atomic E-state index is 0.0164. The summed E-state index contributed by atoms with van der Waals surface area (Å²) in [6.07, 6.45) is 0. The molecule has 11 heteroatoms. The fourth-order valence-electron chi connectivity index (χ4n) is 3.69. The van der Waals surface area contributed by atoms with E-state index in [2.05, 4.69) is 5.32 Å². The first-order chi connectivity index (χ1) is 16.0. The van der Waals surface area contributed by atoms with Gasteiger partial charge in [0, 0.05) is 50.5 Å². The van der Waals surface area contributed by atoms with Gasteiger partial charge in [0.25, 0.3) is 5.69 Å². The third-order valence-corrected chi connectivity index (χ3v) is 7.48. The van der Waals surface area contributed by atoms with Gasteiger partial charge in [-0.3, -0.25) is 10.1 Å². The number of rotatable bonds is 8. The Morgan fingerprint density at radius 3 is 2.21 bits per heavy atom.